The molecule has 4 aromatic rings. The van der Waals surface area contributed by atoms with Crippen molar-refractivity contribution >= 4 is 42.5 Å². The topological polar surface area (TPSA) is 145 Å². The molecule has 2 heterocycles. The van der Waals surface area contributed by atoms with Gasteiger partial charge >= 0.3 is 6.18 Å². The lowest BCUT2D eigenvalue weighted by Crippen LogP contribution is -2.39. The molecule has 0 saturated heterocycles. The minimum Gasteiger partial charge on any atom is -0.368 e. The van der Waals surface area contributed by atoms with Gasteiger partial charge < -0.3 is 11.1 Å². The number of benzene rings is 2. The van der Waals surface area contributed by atoms with E-state index in [4.69, 9.17) is 5.73 Å². The molecule has 0 amide bonds. The van der Waals surface area contributed by atoms with Crippen LogP contribution in [0.3, 0.4) is 0 Å². The molecule has 0 radical (unpaired) electrons. The number of halogens is 3. The Balaban J connectivity index is 1.75. The first-order valence-corrected chi connectivity index (χ1v) is 16.2. The lowest BCUT2D eigenvalue weighted by molar-refractivity contribution is -0.151. The lowest BCUT2D eigenvalue weighted by atomic mass is 10.0. The van der Waals surface area contributed by atoms with E-state index in [2.05, 4.69) is 20.3 Å². The Morgan fingerprint density at radius 3 is 2.24 bits per heavy atom. The Labute approximate surface area is 234 Å². The first-order valence-electron chi connectivity index (χ1n) is 12.4. The maximum atomic E-state index is 13.9. The maximum absolute atomic E-state index is 13.9. The number of sulfone groups is 2. The zero-order valence-corrected chi connectivity index (χ0v) is 23.9. The predicted octanol–water partition coefficient (Wildman–Crippen LogP) is 4.49. The number of nitrogen functional groups attached to an aromatic ring is 1. The molecule has 0 aliphatic heterocycles. The number of nitrogens with one attached hydrogen (secondary N) is 1. The number of pyridine rings is 1. The number of aryl methyl sites for hydroxylation is 1. The van der Waals surface area contributed by atoms with Gasteiger partial charge in [-0.15, -0.1) is 0 Å². The molecule has 9 nitrogen and oxygen atoms in total. The summed E-state index contributed by atoms with van der Waals surface area (Å²) in [7, 11) is -7.10. The van der Waals surface area contributed by atoms with Crippen molar-refractivity contribution in [2.75, 3.05) is 23.6 Å². The number of hydrogen-bond acceptors (Lipinski definition) is 9. The Kier molecular flexibility index (Phi) is 6.77. The van der Waals surface area contributed by atoms with Crippen molar-refractivity contribution in [3.63, 3.8) is 0 Å². The average Bonchev–Trinajstić information content (AvgIpc) is 3.65. The van der Waals surface area contributed by atoms with Gasteiger partial charge in [0, 0.05) is 18.1 Å². The van der Waals surface area contributed by atoms with Crippen LogP contribution in [0.15, 0.2) is 58.3 Å². The highest BCUT2D eigenvalue weighted by atomic mass is 32.2. The van der Waals surface area contributed by atoms with Gasteiger partial charge in [-0.1, -0.05) is 24.3 Å². The molecule has 3 N–H and O–H groups in total. The molecule has 2 aromatic carbocycles. The zero-order valence-electron chi connectivity index (χ0n) is 22.2. The number of fused-ring (bicyclic) bond motifs is 1. The number of alkyl halides is 3. The first-order chi connectivity index (χ1) is 19.0. The van der Waals surface area contributed by atoms with E-state index in [0.717, 1.165) is 12.5 Å². The summed E-state index contributed by atoms with van der Waals surface area (Å²) in [6.07, 6.45) is -2.56. The molecule has 1 aliphatic carbocycles. The van der Waals surface area contributed by atoms with Crippen LogP contribution in [0.4, 0.5) is 24.9 Å². The molecule has 14 heteroatoms. The van der Waals surface area contributed by atoms with Crippen LogP contribution in [-0.2, 0) is 26.1 Å². The normalized spacial score (nSPS) is 15.2. The Hall–Kier alpha value is -3.78. The van der Waals surface area contributed by atoms with Crippen molar-refractivity contribution in [3.8, 4) is 11.3 Å². The van der Waals surface area contributed by atoms with Gasteiger partial charge in [0.1, 0.15) is 16.6 Å². The van der Waals surface area contributed by atoms with Crippen LogP contribution in [-0.4, -0.2) is 56.0 Å². The summed E-state index contributed by atoms with van der Waals surface area (Å²) in [6.45, 7) is 1.65. The summed E-state index contributed by atoms with van der Waals surface area (Å²) in [4.78, 5) is 13.1. The van der Waals surface area contributed by atoms with Gasteiger partial charge in [0.25, 0.3) is 0 Å². The number of nitrogens with zero attached hydrogens (tertiary/aromatic N) is 3. The fourth-order valence-corrected chi connectivity index (χ4v) is 6.34. The van der Waals surface area contributed by atoms with Crippen molar-refractivity contribution in [1.29, 1.82) is 0 Å². The highest BCUT2D eigenvalue weighted by molar-refractivity contribution is 7.91. The maximum Gasteiger partial charge on any atom is 0.411 e. The van der Waals surface area contributed by atoms with Gasteiger partial charge in [-0.2, -0.15) is 18.2 Å². The summed E-state index contributed by atoms with van der Waals surface area (Å²) in [5, 5.41) is 2.50. The van der Waals surface area contributed by atoms with Gasteiger partial charge in [-0.05, 0) is 67.1 Å². The second-order valence-corrected chi connectivity index (χ2v) is 14.3. The fraction of sp³-hybridized carbons (Fsp3) is 0.296. The SMILES string of the molecule is Cc1ccc(-c2cc(Cc3cccc(S(C)(=O)=O)c3)c3nc(N)nc(NC4(C(F)(F)F)CC4)c3n2)cc1S(C)(=O)=O. The summed E-state index contributed by atoms with van der Waals surface area (Å²) in [5.74, 6) is -0.473. The monoisotopic (exact) mass is 605 g/mol. The first kappa shape index (κ1) is 28.7. The number of hydrogen-bond donors (Lipinski definition) is 2. The van der Waals surface area contributed by atoms with Crippen molar-refractivity contribution in [3.05, 3.63) is 65.2 Å². The van der Waals surface area contributed by atoms with E-state index in [1.165, 1.54) is 18.2 Å². The predicted molar refractivity (Wildman–Crippen MR) is 149 cm³/mol. The molecule has 0 spiro atoms. The number of anilines is 2. The summed E-state index contributed by atoms with van der Waals surface area (Å²) >= 11 is 0. The van der Waals surface area contributed by atoms with Gasteiger partial charge in [0.15, 0.2) is 25.5 Å². The fourth-order valence-electron chi connectivity index (χ4n) is 4.65. The van der Waals surface area contributed by atoms with Crippen molar-refractivity contribution in [1.82, 2.24) is 15.0 Å². The van der Waals surface area contributed by atoms with Gasteiger partial charge in [-0.25, -0.2) is 26.8 Å². The van der Waals surface area contributed by atoms with E-state index in [0.29, 0.717) is 22.3 Å². The molecular formula is C27H26F3N5O4S2. The van der Waals surface area contributed by atoms with Gasteiger partial charge in [-0.3, -0.25) is 0 Å². The smallest absolute Gasteiger partial charge is 0.368 e. The number of aromatic nitrogens is 3. The van der Waals surface area contributed by atoms with E-state index in [1.807, 2.05) is 0 Å². The third-order valence-electron chi connectivity index (χ3n) is 7.00. The van der Waals surface area contributed by atoms with Crippen LogP contribution in [0.5, 0.6) is 0 Å². The van der Waals surface area contributed by atoms with Crippen LogP contribution in [0.25, 0.3) is 22.3 Å². The molecule has 0 unspecified atom stereocenters. The lowest BCUT2D eigenvalue weighted by Gasteiger charge is -2.22. The van der Waals surface area contributed by atoms with E-state index in [9.17, 15) is 30.0 Å². The molecule has 216 valence electrons. The summed E-state index contributed by atoms with van der Waals surface area (Å²) in [6, 6.07) is 12.6. The summed E-state index contributed by atoms with van der Waals surface area (Å²) < 4.78 is 90.7. The minimum absolute atomic E-state index is 0.0166. The zero-order chi connectivity index (χ0) is 30.0. The highest BCUT2D eigenvalue weighted by Gasteiger charge is 2.64. The molecule has 1 aliphatic rings. The molecule has 41 heavy (non-hydrogen) atoms. The Morgan fingerprint density at radius 1 is 0.927 bits per heavy atom. The van der Waals surface area contributed by atoms with E-state index in [-0.39, 0.29) is 57.5 Å². The molecule has 0 bridgehead atoms. The highest BCUT2D eigenvalue weighted by Crippen LogP contribution is 2.51. The number of rotatable bonds is 7. The number of nitrogens with two attached hydrogens (primary N) is 1. The largest absolute Gasteiger partial charge is 0.411 e. The standard InChI is InChI=1S/C27H26F3N5O4S2/c1-15-7-8-17(14-21(15)41(3,38)39)20-13-18(11-16-5-4-6-19(12-16)40(2,36)37)22-23(32-20)24(34-25(31)33-22)35-26(9-10-26)27(28,29)30/h4-8,12-14H,9-11H2,1-3H3,(H3,31,33,34,35). The quantitative estimate of drug-likeness (QED) is 0.311. The molecular weight excluding hydrogens is 579 g/mol. The van der Waals surface area contributed by atoms with Crippen LogP contribution in [0.1, 0.15) is 29.5 Å². The minimum atomic E-state index is -4.55. The van der Waals surface area contributed by atoms with E-state index in [1.54, 1.807) is 37.3 Å². The third-order valence-corrected chi connectivity index (χ3v) is 9.35. The van der Waals surface area contributed by atoms with E-state index >= 15 is 0 Å². The van der Waals surface area contributed by atoms with Crippen molar-refractivity contribution in [2.45, 2.75) is 47.7 Å². The third kappa shape index (κ3) is 5.71. The van der Waals surface area contributed by atoms with Crippen molar-refractivity contribution < 1.29 is 30.0 Å². The molecule has 5 rings (SSSR count). The molecule has 1 fully saturated rings. The van der Waals surface area contributed by atoms with Crippen LogP contribution >= 0.6 is 0 Å². The molecule has 1 saturated carbocycles. The summed E-state index contributed by atoms with van der Waals surface area (Å²) in [5.41, 5.74) is 6.23. The Morgan fingerprint density at radius 2 is 1.63 bits per heavy atom. The second kappa shape index (κ2) is 9.65. The van der Waals surface area contributed by atoms with E-state index < -0.39 is 31.4 Å². The Bertz CT molecular complexity index is 1920. The van der Waals surface area contributed by atoms with Crippen LogP contribution in [0, 0.1) is 6.92 Å². The van der Waals surface area contributed by atoms with Crippen LogP contribution in [0.2, 0.25) is 0 Å². The van der Waals surface area contributed by atoms with Crippen molar-refractivity contribution in [2.24, 2.45) is 0 Å². The van der Waals surface area contributed by atoms with Gasteiger partial charge in [0.05, 0.1) is 15.5 Å². The average molecular weight is 606 g/mol. The molecule has 2 aromatic heterocycles. The van der Waals surface area contributed by atoms with Gasteiger partial charge in [0.2, 0.25) is 5.95 Å². The molecule has 0 atom stereocenters. The second-order valence-electron chi connectivity index (χ2n) is 10.3. The van der Waals surface area contributed by atoms with Crippen LogP contribution < -0.4 is 11.1 Å².